The third kappa shape index (κ3) is 7.69. The lowest BCUT2D eigenvalue weighted by Crippen LogP contribution is -2.44. The summed E-state index contributed by atoms with van der Waals surface area (Å²) in [6.07, 6.45) is 5.11. The third-order valence-corrected chi connectivity index (χ3v) is 5.27. The first-order chi connectivity index (χ1) is 14.4. The van der Waals surface area contributed by atoms with E-state index in [1.54, 1.807) is 4.90 Å². The summed E-state index contributed by atoms with van der Waals surface area (Å²) in [6, 6.07) is 14.1. The average Bonchev–Trinajstić information content (AvgIpc) is 3.13. The Labute approximate surface area is 181 Å². The van der Waals surface area contributed by atoms with Crippen molar-refractivity contribution in [2.45, 2.75) is 53.0 Å². The van der Waals surface area contributed by atoms with Gasteiger partial charge in [0.05, 0.1) is 13.1 Å². The van der Waals surface area contributed by atoms with Gasteiger partial charge in [-0.25, -0.2) is 0 Å². The minimum atomic E-state index is 0.0263. The maximum atomic E-state index is 13.2. The summed E-state index contributed by atoms with van der Waals surface area (Å²) >= 11 is 0. The Bertz CT molecular complexity index is 783. The van der Waals surface area contributed by atoms with Crippen molar-refractivity contribution in [2.24, 2.45) is 13.0 Å². The molecule has 0 radical (unpaired) electrons. The largest absolute Gasteiger partial charge is 0.353 e. The fourth-order valence-electron chi connectivity index (χ4n) is 3.51. The lowest BCUT2D eigenvalue weighted by atomic mass is 10.1. The van der Waals surface area contributed by atoms with Crippen LogP contribution >= 0.6 is 0 Å². The van der Waals surface area contributed by atoms with E-state index in [1.807, 2.05) is 65.2 Å². The fourth-order valence-corrected chi connectivity index (χ4v) is 3.51. The van der Waals surface area contributed by atoms with Crippen molar-refractivity contribution < 1.29 is 9.59 Å². The number of hydrogen-bond donors (Lipinski definition) is 0. The number of amides is 2. The number of carbonyl (C=O) groups is 2. The Hall–Kier alpha value is -2.56. The van der Waals surface area contributed by atoms with Crippen molar-refractivity contribution in [3.05, 3.63) is 59.9 Å². The van der Waals surface area contributed by atoms with Gasteiger partial charge in [0.15, 0.2) is 0 Å². The summed E-state index contributed by atoms with van der Waals surface area (Å²) in [4.78, 5) is 29.8. The van der Waals surface area contributed by atoms with E-state index in [0.29, 0.717) is 38.4 Å². The molecule has 0 aliphatic heterocycles. The SMILES string of the molecule is CCCCN(Cc1cccn1C)C(=O)CN(CC(C)C)C(=O)CCc1ccccc1. The monoisotopic (exact) mass is 411 g/mol. The highest BCUT2D eigenvalue weighted by Gasteiger charge is 2.22. The standard InChI is InChI=1S/C25H37N3O2/c1-5-6-17-27(19-23-13-10-16-26(23)4)25(30)20-28(18-21(2)3)24(29)15-14-22-11-8-7-9-12-22/h7-13,16,21H,5-6,14-15,17-20H2,1-4H3. The molecule has 164 valence electrons. The van der Waals surface area contributed by atoms with E-state index in [2.05, 4.69) is 20.8 Å². The van der Waals surface area contributed by atoms with Gasteiger partial charge in [0.2, 0.25) is 11.8 Å². The number of carbonyl (C=O) groups excluding carboxylic acids is 2. The summed E-state index contributed by atoms with van der Waals surface area (Å²) in [6.45, 7) is 8.35. The number of nitrogens with zero attached hydrogens (tertiary/aromatic N) is 3. The Balaban J connectivity index is 2.04. The third-order valence-electron chi connectivity index (χ3n) is 5.27. The average molecular weight is 412 g/mol. The van der Waals surface area contributed by atoms with Crippen LogP contribution in [0, 0.1) is 5.92 Å². The Morgan fingerprint density at radius 3 is 2.33 bits per heavy atom. The number of unbranched alkanes of at least 4 members (excludes halogenated alkanes) is 1. The van der Waals surface area contributed by atoms with Crippen molar-refractivity contribution in [3.63, 3.8) is 0 Å². The smallest absolute Gasteiger partial charge is 0.242 e. The van der Waals surface area contributed by atoms with Crippen LogP contribution in [0.15, 0.2) is 48.7 Å². The zero-order valence-corrected chi connectivity index (χ0v) is 19.0. The van der Waals surface area contributed by atoms with E-state index in [4.69, 9.17) is 0 Å². The summed E-state index contributed by atoms with van der Waals surface area (Å²) in [5.41, 5.74) is 2.25. The van der Waals surface area contributed by atoms with Crippen LogP contribution in [0.2, 0.25) is 0 Å². The molecule has 1 heterocycles. The summed E-state index contributed by atoms with van der Waals surface area (Å²) in [5.74, 6) is 0.393. The fraction of sp³-hybridized carbons (Fsp3) is 0.520. The summed E-state index contributed by atoms with van der Waals surface area (Å²) in [7, 11) is 2.00. The van der Waals surface area contributed by atoms with E-state index in [-0.39, 0.29) is 18.4 Å². The number of rotatable bonds is 12. The molecule has 0 saturated heterocycles. The van der Waals surface area contributed by atoms with Crippen LogP contribution in [-0.2, 0) is 29.6 Å². The molecule has 0 bridgehead atoms. The topological polar surface area (TPSA) is 45.6 Å². The Kier molecular flexibility index (Phi) is 9.65. The zero-order valence-electron chi connectivity index (χ0n) is 19.0. The molecule has 1 aromatic heterocycles. The van der Waals surface area contributed by atoms with Gasteiger partial charge in [-0.2, -0.15) is 0 Å². The molecular formula is C25H37N3O2. The van der Waals surface area contributed by atoms with Crippen molar-refractivity contribution >= 4 is 11.8 Å². The van der Waals surface area contributed by atoms with E-state index >= 15 is 0 Å². The van der Waals surface area contributed by atoms with E-state index < -0.39 is 0 Å². The van der Waals surface area contributed by atoms with Gasteiger partial charge in [0.25, 0.3) is 0 Å². The Morgan fingerprint density at radius 1 is 1.00 bits per heavy atom. The number of aromatic nitrogens is 1. The first-order valence-corrected chi connectivity index (χ1v) is 11.1. The maximum Gasteiger partial charge on any atom is 0.242 e. The highest BCUT2D eigenvalue weighted by Crippen LogP contribution is 2.11. The zero-order chi connectivity index (χ0) is 21.9. The second-order valence-electron chi connectivity index (χ2n) is 8.43. The van der Waals surface area contributed by atoms with Crippen LogP contribution in [-0.4, -0.2) is 45.8 Å². The second kappa shape index (κ2) is 12.2. The first-order valence-electron chi connectivity index (χ1n) is 11.1. The molecule has 0 fully saturated rings. The van der Waals surface area contributed by atoms with Gasteiger partial charge >= 0.3 is 0 Å². The van der Waals surface area contributed by atoms with Gasteiger partial charge in [-0.15, -0.1) is 0 Å². The minimum Gasteiger partial charge on any atom is -0.353 e. The van der Waals surface area contributed by atoms with Gasteiger partial charge in [0, 0.05) is 38.4 Å². The molecular weight excluding hydrogens is 374 g/mol. The molecule has 1 aromatic carbocycles. The van der Waals surface area contributed by atoms with Gasteiger partial charge in [-0.05, 0) is 36.5 Å². The molecule has 0 atom stereocenters. The van der Waals surface area contributed by atoms with E-state index in [9.17, 15) is 9.59 Å². The number of aryl methyl sites for hydroxylation is 2. The molecule has 30 heavy (non-hydrogen) atoms. The molecule has 5 nitrogen and oxygen atoms in total. The van der Waals surface area contributed by atoms with Gasteiger partial charge in [-0.1, -0.05) is 57.5 Å². The van der Waals surface area contributed by atoms with Crippen molar-refractivity contribution in [3.8, 4) is 0 Å². The second-order valence-corrected chi connectivity index (χ2v) is 8.43. The molecule has 2 amide bonds. The highest BCUT2D eigenvalue weighted by atomic mass is 16.2. The van der Waals surface area contributed by atoms with Gasteiger partial charge in [0.1, 0.15) is 0 Å². The normalized spacial score (nSPS) is 11.0. The molecule has 0 saturated carbocycles. The van der Waals surface area contributed by atoms with Crippen LogP contribution in [0.25, 0.3) is 0 Å². The van der Waals surface area contributed by atoms with Crippen LogP contribution in [0.5, 0.6) is 0 Å². The van der Waals surface area contributed by atoms with Gasteiger partial charge < -0.3 is 14.4 Å². The van der Waals surface area contributed by atoms with E-state index in [1.165, 1.54) is 0 Å². The molecule has 0 N–H and O–H groups in total. The first kappa shape index (κ1) is 23.7. The minimum absolute atomic E-state index is 0.0263. The van der Waals surface area contributed by atoms with Crippen molar-refractivity contribution in [2.75, 3.05) is 19.6 Å². The summed E-state index contributed by atoms with van der Waals surface area (Å²) < 4.78 is 2.04. The maximum absolute atomic E-state index is 13.2. The van der Waals surface area contributed by atoms with Crippen molar-refractivity contribution in [1.82, 2.24) is 14.4 Å². The predicted molar refractivity (Wildman–Crippen MR) is 122 cm³/mol. The Morgan fingerprint density at radius 2 is 1.73 bits per heavy atom. The molecule has 0 aliphatic carbocycles. The predicted octanol–water partition coefficient (Wildman–Crippen LogP) is 4.27. The molecule has 0 aliphatic rings. The van der Waals surface area contributed by atoms with Gasteiger partial charge in [-0.3, -0.25) is 9.59 Å². The lowest BCUT2D eigenvalue weighted by molar-refractivity contribution is -0.141. The van der Waals surface area contributed by atoms with Crippen LogP contribution in [0.1, 0.15) is 51.3 Å². The van der Waals surface area contributed by atoms with Crippen molar-refractivity contribution in [1.29, 1.82) is 0 Å². The van der Waals surface area contributed by atoms with Crippen LogP contribution < -0.4 is 0 Å². The van der Waals surface area contributed by atoms with E-state index in [0.717, 1.165) is 24.1 Å². The molecule has 2 rings (SSSR count). The van der Waals surface area contributed by atoms with Crippen LogP contribution in [0.3, 0.4) is 0 Å². The number of hydrogen-bond acceptors (Lipinski definition) is 2. The molecule has 5 heteroatoms. The number of benzene rings is 1. The molecule has 0 spiro atoms. The lowest BCUT2D eigenvalue weighted by Gasteiger charge is -2.29. The molecule has 0 unspecified atom stereocenters. The van der Waals surface area contributed by atoms with Crippen LogP contribution in [0.4, 0.5) is 0 Å². The highest BCUT2D eigenvalue weighted by molar-refractivity contribution is 5.85. The summed E-state index contributed by atoms with van der Waals surface area (Å²) in [5, 5.41) is 0. The quantitative estimate of drug-likeness (QED) is 0.524. The molecule has 2 aromatic rings.